The van der Waals surface area contributed by atoms with Gasteiger partial charge in [-0.15, -0.1) is 0 Å². The first-order chi connectivity index (χ1) is 9.24. The molecule has 2 aliphatic rings. The topological polar surface area (TPSA) is 29.5 Å². The number of rotatable bonds is 5. The second-order valence-electron chi connectivity index (χ2n) is 6.25. The summed E-state index contributed by atoms with van der Waals surface area (Å²) in [5.74, 6) is 0.848. The van der Waals surface area contributed by atoms with E-state index in [1.54, 1.807) is 7.11 Å². The SMILES string of the molecule is COCCC(C)N1CCCCC1C1CCCCC1=O. The summed E-state index contributed by atoms with van der Waals surface area (Å²) in [5, 5.41) is 0. The number of hydrogen-bond acceptors (Lipinski definition) is 3. The molecular weight excluding hydrogens is 238 g/mol. The fourth-order valence-electron chi connectivity index (χ4n) is 3.83. The first-order valence-corrected chi connectivity index (χ1v) is 8.01. The van der Waals surface area contributed by atoms with Crippen molar-refractivity contribution in [2.45, 2.75) is 70.4 Å². The Labute approximate surface area is 117 Å². The van der Waals surface area contributed by atoms with Crippen LogP contribution in [0, 0.1) is 5.92 Å². The zero-order valence-corrected chi connectivity index (χ0v) is 12.6. The molecule has 3 atom stereocenters. The number of ketones is 1. The van der Waals surface area contributed by atoms with E-state index in [1.165, 1.54) is 32.2 Å². The quantitative estimate of drug-likeness (QED) is 0.767. The van der Waals surface area contributed by atoms with Crippen molar-refractivity contribution < 1.29 is 9.53 Å². The maximum Gasteiger partial charge on any atom is 0.137 e. The number of ether oxygens (including phenoxy) is 1. The van der Waals surface area contributed by atoms with Gasteiger partial charge >= 0.3 is 0 Å². The number of nitrogens with zero attached hydrogens (tertiary/aromatic N) is 1. The molecule has 3 heteroatoms. The number of likely N-dealkylation sites (tertiary alicyclic amines) is 1. The number of piperidine rings is 1. The molecule has 1 saturated carbocycles. The van der Waals surface area contributed by atoms with Crippen LogP contribution in [0.3, 0.4) is 0 Å². The standard InChI is InChI=1S/C16H29NO2/c1-13(10-12-19-2)17-11-6-5-8-15(17)14-7-3-4-9-16(14)18/h13-15H,3-12H2,1-2H3. The molecule has 0 spiro atoms. The van der Waals surface area contributed by atoms with Gasteiger partial charge < -0.3 is 4.74 Å². The molecule has 2 rings (SSSR count). The Balaban J connectivity index is 2.00. The molecule has 110 valence electrons. The zero-order valence-electron chi connectivity index (χ0n) is 12.6. The van der Waals surface area contributed by atoms with Gasteiger partial charge in [-0.25, -0.2) is 0 Å². The van der Waals surface area contributed by atoms with Gasteiger partial charge in [0.25, 0.3) is 0 Å². The molecule has 1 saturated heterocycles. The van der Waals surface area contributed by atoms with Crippen molar-refractivity contribution in [1.29, 1.82) is 0 Å². The molecule has 3 unspecified atom stereocenters. The third-order valence-corrected chi connectivity index (χ3v) is 4.96. The van der Waals surface area contributed by atoms with Crippen molar-refractivity contribution in [2.75, 3.05) is 20.3 Å². The molecule has 0 aromatic rings. The highest BCUT2D eigenvalue weighted by atomic mass is 16.5. The van der Waals surface area contributed by atoms with E-state index in [9.17, 15) is 4.79 Å². The van der Waals surface area contributed by atoms with Crippen LogP contribution in [0.1, 0.15) is 58.3 Å². The molecule has 3 nitrogen and oxygen atoms in total. The van der Waals surface area contributed by atoms with Gasteiger partial charge in [0.15, 0.2) is 0 Å². The Morgan fingerprint density at radius 1 is 1.26 bits per heavy atom. The number of Topliss-reactive ketones (excluding diaryl/α,β-unsaturated/α-hetero) is 1. The van der Waals surface area contributed by atoms with Crippen LogP contribution in [0.25, 0.3) is 0 Å². The van der Waals surface area contributed by atoms with Crippen LogP contribution in [0.5, 0.6) is 0 Å². The van der Waals surface area contributed by atoms with Gasteiger partial charge in [-0.3, -0.25) is 9.69 Å². The molecule has 0 aromatic heterocycles. The lowest BCUT2D eigenvalue weighted by molar-refractivity contribution is -0.128. The van der Waals surface area contributed by atoms with E-state index in [4.69, 9.17) is 4.74 Å². The van der Waals surface area contributed by atoms with Crippen molar-refractivity contribution in [3.63, 3.8) is 0 Å². The lowest BCUT2D eigenvalue weighted by atomic mass is 9.78. The lowest BCUT2D eigenvalue weighted by Crippen LogP contribution is -2.51. The average Bonchev–Trinajstić information content (AvgIpc) is 2.45. The van der Waals surface area contributed by atoms with Crippen LogP contribution in [0.15, 0.2) is 0 Å². The van der Waals surface area contributed by atoms with Gasteiger partial charge in [0.1, 0.15) is 5.78 Å². The predicted octanol–water partition coefficient (Wildman–Crippen LogP) is 3.03. The summed E-state index contributed by atoms with van der Waals surface area (Å²) >= 11 is 0. The van der Waals surface area contributed by atoms with Crippen molar-refractivity contribution in [2.24, 2.45) is 5.92 Å². The fourth-order valence-corrected chi connectivity index (χ4v) is 3.83. The summed E-state index contributed by atoms with van der Waals surface area (Å²) in [6, 6.07) is 1.05. The van der Waals surface area contributed by atoms with Gasteiger partial charge in [-0.1, -0.05) is 12.8 Å². The van der Waals surface area contributed by atoms with Crippen molar-refractivity contribution in [3.05, 3.63) is 0 Å². The summed E-state index contributed by atoms with van der Waals surface area (Å²) < 4.78 is 5.21. The predicted molar refractivity (Wildman–Crippen MR) is 77.3 cm³/mol. The van der Waals surface area contributed by atoms with Crippen LogP contribution in [0.4, 0.5) is 0 Å². The molecule has 19 heavy (non-hydrogen) atoms. The van der Waals surface area contributed by atoms with E-state index < -0.39 is 0 Å². The number of carbonyl (C=O) groups excluding carboxylic acids is 1. The summed E-state index contributed by atoms with van der Waals surface area (Å²) in [4.78, 5) is 14.8. The third-order valence-electron chi connectivity index (χ3n) is 4.96. The van der Waals surface area contributed by atoms with E-state index in [0.29, 0.717) is 23.8 Å². The largest absolute Gasteiger partial charge is 0.385 e. The summed E-state index contributed by atoms with van der Waals surface area (Å²) in [7, 11) is 1.77. The maximum atomic E-state index is 12.2. The highest BCUT2D eigenvalue weighted by Gasteiger charge is 2.36. The van der Waals surface area contributed by atoms with Crippen LogP contribution >= 0.6 is 0 Å². The van der Waals surface area contributed by atoms with Crippen LogP contribution < -0.4 is 0 Å². The second kappa shape index (κ2) is 7.39. The molecule has 2 fully saturated rings. The smallest absolute Gasteiger partial charge is 0.137 e. The third kappa shape index (κ3) is 3.79. The minimum atomic E-state index is 0.319. The minimum absolute atomic E-state index is 0.319. The van der Waals surface area contributed by atoms with Crippen molar-refractivity contribution in [1.82, 2.24) is 4.90 Å². The molecule has 1 aliphatic heterocycles. The van der Waals surface area contributed by atoms with E-state index in [1.807, 2.05) is 0 Å². The molecule has 1 aliphatic carbocycles. The average molecular weight is 267 g/mol. The van der Waals surface area contributed by atoms with Gasteiger partial charge in [0, 0.05) is 38.1 Å². The van der Waals surface area contributed by atoms with Crippen LogP contribution in [-0.4, -0.2) is 43.0 Å². The summed E-state index contributed by atoms with van der Waals surface area (Å²) in [6.45, 7) is 4.28. The molecule has 0 N–H and O–H groups in total. The van der Waals surface area contributed by atoms with Gasteiger partial charge in [0.2, 0.25) is 0 Å². The van der Waals surface area contributed by atoms with Crippen LogP contribution in [-0.2, 0) is 9.53 Å². The highest BCUT2D eigenvalue weighted by molar-refractivity contribution is 5.82. The number of hydrogen-bond donors (Lipinski definition) is 0. The Kier molecular flexibility index (Phi) is 5.83. The highest BCUT2D eigenvalue weighted by Crippen LogP contribution is 2.33. The zero-order chi connectivity index (χ0) is 13.7. The van der Waals surface area contributed by atoms with E-state index in [2.05, 4.69) is 11.8 Å². The Hall–Kier alpha value is -0.410. The molecule has 0 bridgehead atoms. The van der Waals surface area contributed by atoms with Crippen LogP contribution in [0.2, 0.25) is 0 Å². The summed E-state index contributed by atoms with van der Waals surface area (Å²) in [6.07, 6.45) is 9.17. The first kappa shape index (κ1) is 15.0. The monoisotopic (exact) mass is 267 g/mol. The maximum absolute atomic E-state index is 12.2. The molecule has 0 amide bonds. The Morgan fingerprint density at radius 2 is 2.05 bits per heavy atom. The second-order valence-corrected chi connectivity index (χ2v) is 6.25. The Bertz CT molecular complexity index is 292. The van der Waals surface area contributed by atoms with E-state index in [0.717, 1.165) is 32.3 Å². The summed E-state index contributed by atoms with van der Waals surface area (Å²) in [5.41, 5.74) is 0. The molecule has 1 heterocycles. The van der Waals surface area contributed by atoms with Gasteiger partial charge in [-0.05, 0) is 45.6 Å². The first-order valence-electron chi connectivity index (χ1n) is 8.01. The fraction of sp³-hybridized carbons (Fsp3) is 0.938. The minimum Gasteiger partial charge on any atom is -0.385 e. The van der Waals surface area contributed by atoms with E-state index >= 15 is 0 Å². The van der Waals surface area contributed by atoms with Crippen molar-refractivity contribution >= 4 is 5.78 Å². The molecule has 0 aromatic carbocycles. The van der Waals surface area contributed by atoms with Crippen molar-refractivity contribution in [3.8, 4) is 0 Å². The van der Waals surface area contributed by atoms with E-state index in [-0.39, 0.29) is 0 Å². The number of carbonyl (C=O) groups is 1. The molecular formula is C16H29NO2. The van der Waals surface area contributed by atoms with Gasteiger partial charge in [-0.2, -0.15) is 0 Å². The normalized spacial score (nSPS) is 31.4. The number of methoxy groups -OCH3 is 1. The lowest BCUT2D eigenvalue weighted by Gasteiger charge is -2.44. The molecule has 0 radical (unpaired) electrons. The van der Waals surface area contributed by atoms with Gasteiger partial charge in [0.05, 0.1) is 0 Å². The Morgan fingerprint density at radius 3 is 2.79 bits per heavy atom.